The molecule has 0 fully saturated rings. The van der Waals surface area contributed by atoms with Crippen LogP contribution in [-0.4, -0.2) is 7.38 Å². The molecule has 0 nitrogen and oxygen atoms in total. The minimum atomic E-state index is -1.81. The van der Waals surface area contributed by atoms with Crippen molar-refractivity contribution in [3.63, 3.8) is 0 Å². The average molecular weight is 475 g/mol. The summed E-state index contributed by atoms with van der Waals surface area (Å²) in [6.45, 7) is 11.6. The van der Waals surface area contributed by atoms with E-state index in [-0.39, 0.29) is 17.1 Å². The van der Waals surface area contributed by atoms with Crippen LogP contribution in [0.2, 0.25) is 13.1 Å². The van der Waals surface area contributed by atoms with Crippen LogP contribution >= 0.6 is 11.1 Å². The third kappa shape index (κ3) is 4.48. The van der Waals surface area contributed by atoms with Gasteiger partial charge in [-0.2, -0.15) is 41.4 Å². The topological polar surface area (TPSA) is 0 Å². The molecule has 30 heavy (non-hydrogen) atoms. The maximum absolute atomic E-state index is 6.94. The third-order valence-corrected chi connectivity index (χ3v) is 9.05. The van der Waals surface area contributed by atoms with E-state index < -0.39 is 7.38 Å². The number of halogens is 1. The van der Waals surface area contributed by atoms with Crippen LogP contribution in [0.5, 0.6) is 0 Å². The summed E-state index contributed by atoms with van der Waals surface area (Å²) in [5.74, 6) is 0. The van der Waals surface area contributed by atoms with Gasteiger partial charge >= 0.3 is 17.1 Å². The summed E-state index contributed by atoms with van der Waals surface area (Å²) < 4.78 is 0. The molecular formula is C27H31ClFeSi. The van der Waals surface area contributed by atoms with Gasteiger partial charge < -0.3 is 0 Å². The Morgan fingerprint density at radius 3 is 2.23 bits per heavy atom. The van der Waals surface area contributed by atoms with Gasteiger partial charge in [0.15, 0.2) is 7.38 Å². The molecule has 0 heterocycles. The fourth-order valence-electron chi connectivity index (χ4n) is 5.29. The van der Waals surface area contributed by atoms with Gasteiger partial charge in [-0.25, -0.2) is 12.1 Å². The molecule has 0 bridgehead atoms. The number of fused-ring (bicyclic) bond motifs is 2. The van der Waals surface area contributed by atoms with Crippen LogP contribution in [0.25, 0.3) is 17.2 Å². The molecule has 3 aromatic carbocycles. The van der Waals surface area contributed by atoms with E-state index in [1.54, 1.807) is 11.1 Å². The molecule has 3 aromatic rings. The fourth-order valence-corrected chi connectivity index (χ4v) is 8.30. The van der Waals surface area contributed by atoms with Gasteiger partial charge in [-0.1, -0.05) is 72.5 Å². The molecule has 1 atom stereocenters. The minimum Gasteiger partial charge on any atom is -0.214 e. The van der Waals surface area contributed by atoms with Gasteiger partial charge in [0.2, 0.25) is 0 Å². The molecule has 0 radical (unpaired) electrons. The van der Waals surface area contributed by atoms with Crippen LogP contribution in [0.1, 0.15) is 48.6 Å². The zero-order valence-electron chi connectivity index (χ0n) is 18.6. The Kier molecular flexibility index (Phi) is 6.75. The second kappa shape index (κ2) is 8.67. The van der Waals surface area contributed by atoms with Gasteiger partial charge in [-0.05, 0) is 25.2 Å². The van der Waals surface area contributed by atoms with Crippen molar-refractivity contribution >= 4 is 24.5 Å². The Morgan fingerprint density at radius 2 is 1.70 bits per heavy atom. The van der Waals surface area contributed by atoms with E-state index in [0.717, 1.165) is 0 Å². The second-order valence-corrected chi connectivity index (χ2v) is 16.6. The van der Waals surface area contributed by atoms with Crippen LogP contribution in [0.15, 0.2) is 66.2 Å². The molecule has 1 unspecified atom stereocenters. The Morgan fingerprint density at radius 1 is 1.07 bits per heavy atom. The van der Waals surface area contributed by atoms with E-state index >= 15 is 0 Å². The summed E-state index contributed by atoms with van der Waals surface area (Å²) in [7, 11) is -1.81. The minimum absolute atomic E-state index is 0. The quantitative estimate of drug-likeness (QED) is 0.200. The van der Waals surface area contributed by atoms with Gasteiger partial charge in [0, 0.05) is 5.54 Å². The van der Waals surface area contributed by atoms with E-state index in [0.29, 0.717) is 11.0 Å². The molecule has 5 rings (SSSR count). The van der Waals surface area contributed by atoms with E-state index in [1.165, 1.54) is 40.7 Å². The number of allylic oxidation sites excluding steroid dienone is 1. The predicted octanol–water partition coefficient (Wildman–Crippen LogP) is 8.08. The molecule has 3 heteroatoms. The largest absolute Gasteiger partial charge is 2.00 e. The monoisotopic (exact) mass is 474 g/mol. The first-order valence-electron chi connectivity index (χ1n) is 10.6. The van der Waals surface area contributed by atoms with Crippen molar-refractivity contribution in [2.24, 2.45) is 5.41 Å². The maximum Gasteiger partial charge on any atom is 2.00 e. The summed E-state index contributed by atoms with van der Waals surface area (Å²) in [4.78, 5) is 0. The molecule has 0 saturated heterocycles. The molecule has 158 valence electrons. The average Bonchev–Trinajstić information content (AvgIpc) is 3.38. The Labute approximate surface area is 198 Å². The number of hydrogen-bond acceptors (Lipinski definition) is 0. The SMILES string of the molecule is CC1=Cc2c(cc3c(c2-[c-]2cccc2)CC(C)(C)C3)C1[Si](C)(C)Cl.[Fe+2].c1cc[cH-]c1. The van der Waals surface area contributed by atoms with Crippen molar-refractivity contribution < 1.29 is 17.1 Å². The number of hydrogen-bond donors (Lipinski definition) is 0. The first kappa shape index (κ1) is 23.4. The van der Waals surface area contributed by atoms with Crippen molar-refractivity contribution in [3.05, 3.63) is 88.5 Å². The van der Waals surface area contributed by atoms with Crippen LogP contribution in [0.3, 0.4) is 0 Å². The third-order valence-electron chi connectivity index (χ3n) is 6.26. The summed E-state index contributed by atoms with van der Waals surface area (Å²) in [5.41, 5.74) is 11.2. The summed E-state index contributed by atoms with van der Waals surface area (Å²) in [6.07, 6.45) is 4.78. The molecule has 0 saturated carbocycles. The summed E-state index contributed by atoms with van der Waals surface area (Å²) in [6, 6.07) is 21.3. The number of benzene rings is 1. The van der Waals surface area contributed by atoms with Crippen molar-refractivity contribution in [2.45, 2.75) is 52.2 Å². The zero-order chi connectivity index (χ0) is 20.8. The van der Waals surface area contributed by atoms with Gasteiger partial charge in [0.25, 0.3) is 0 Å². The second-order valence-electron chi connectivity index (χ2n) is 9.93. The standard InChI is InChI=1S/C22H26ClSi.C5H5.Fe/c1-14-10-17-18(21(14)24(4,5)23)11-16-12-22(2,3)13-19(16)20(17)15-8-6-7-9-15;1-2-4-5-3-1;/h6-11,21H,12-13H2,1-5H3;1-5H;/q2*-1;+2. The van der Waals surface area contributed by atoms with Gasteiger partial charge in [0.05, 0.1) is 0 Å². The zero-order valence-corrected chi connectivity index (χ0v) is 21.4. The van der Waals surface area contributed by atoms with Gasteiger partial charge in [-0.15, -0.1) is 17.7 Å². The van der Waals surface area contributed by atoms with Crippen molar-refractivity contribution in [1.29, 1.82) is 0 Å². The van der Waals surface area contributed by atoms with E-state index in [1.807, 2.05) is 30.3 Å². The Bertz CT molecular complexity index is 1000. The molecule has 0 aliphatic heterocycles. The molecule has 0 aromatic heterocycles. The van der Waals surface area contributed by atoms with E-state index in [2.05, 4.69) is 70.3 Å². The van der Waals surface area contributed by atoms with Crippen LogP contribution < -0.4 is 0 Å². The van der Waals surface area contributed by atoms with Crippen molar-refractivity contribution in [3.8, 4) is 11.1 Å². The fraction of sp³-hybridized carbons (Fsp3) is 0.333. The van der Waals surface area contributed by atoms with Crippen LogP contribution in [0, 0.1) is 5.41 Å². The Balaban J connectivity index is 0.000000376. The smallest absolute Gasteiger partial charge is 0.214 e. The predicted molar refractivity (Wildman–Crippen MR) is 130 cm³/mol. The van der Waals surface area contributed by atoms with Crippen LogP contribution in [0.4, 0.5) is 0 Å². The first-order valence-corrected chi connectivity index (χ1v) is 14.7. The number of rotatable bonds is 2. The summed E-state index contributed by atoms with van der Waals surface area (Å²) in [5, 5.41) is 0. The molecule has 0 N–H and O–H groups in total. The van der Waals surface area contributed by atoms with Gasteiger partial charge in [-0.3, -0.25) is 0 Å². The van der Waals surface area contributed by atoms with Crippen LogP contribution in [-0.2, 0) is 29.9 Å². The normalized spacial score (nSPS) is 18.6. The maximum atomic E-state index is 6.94. The molecular weight excluding hydrogens is 444 g/mol. The molecule has 2 aliphatic rings. The van der Waals surface area contributed by atoms with E-state index in [4.69, 9.17) is 11.1 Å². The Hall–Kier alpha value is -1.31. The molecule has 2 aliphatic carbocycles. The molecule has 0 spiro atoms. The molecule has 0 amide bonds. The van der Waals surface area contributed by atoms with Crippen molar-refractivity contribution in [2.75, 3.05) is 0 Å². The van der Waals surface area contributed by atoms with E-state index in [9.17, 15) is 0 Å². The van der Waals surface area contributed by atoms with Crippen molar-refractivity contribution in [1.82, 2.24) is 0 Å². The summed E-state index contributed by atoms with van der Waals surface area (Å²) >= 11 is 6.94. The first-order chi connectivity index (χ1) is 13.7. The van der Waals surface area contributed by atoms with Gasteiger partial charge in [0.1, 0.15) is 0 Å².